The molecule has 0 aliphatic carbocycles. The van der Waals surface area contributed by atoms with Gasteiger partial charge in [-0.2, -0.15) is 0 Å². The molecule has 0 aliphatic rings. The summed E-state index contributed by atoms with van der Waals surface area (Å²) in [5.74, 6) is -1.17. The van der Waals surface area contributed by atoms with Crippen LogP contribution >= 0.6 is 7.82 Å². The van der Waals surface area contributed by atoms with Crippen molar-refractivity contribution in [3.05, 3.63) is 72.9 Å². The molecule has 0 spiro atoms. The van der Waals surface area contributed by atoms with Gasteiger partial charge >= 0.3 is 19.8 Å². The maximum Gasteiger partial charge on any atom is 0.469 e. The molecular weight excluding hydrogens is 627 g/mol. The van der Waals surface area contributed by atoms with Gasteiger partial charge in [0.05, 0.1) is 6.61 Å². The molecule has 0 unspecified atom stereocenters. The number of ether oxygens (including phenoxy) is 2. The molecule has 2 N–H and O–H groups in total. The second-order valence-electron chi connectivity index (χ2n) is 12.0. The van der Waals surface area contributed by atoms with E-state index in [0.29, 0.717) is 6.42 Å². The highest BCUT2D eigenvalue weighted by atomic mass is 31.2. The topological polar surface area (TPSA) is 119 Å². The molecule has 9 heteroatoms. The van der Waals surface area contributed by atoms with E-state index in [1.807, 2.05) is 42.5 Å². The lowest BCUT2D eigenvalue weighted by Crippen LogP contribution is -2.29. The predicted molar refractivity (Wildman–Crippen MR) is 197 cm³/mol. The Morgan fingerprint density at radius 1 is 0.604 bits per heavy atom. The van der Waals surface area contributed by atoms with E-state index < -0.39 is 32.5 Å². The molecule has 0 fully saturated rings. The van der Waals surface area contributed by atoms with Crippen molar-refractivity contribution < 1.29 is 37.9 Å². The average molecular weight is 693 g/mol. The molecule has 0 heterocycles. The second-order valence-corrected chi connectivity index (χ2v) is 13.2. The van der Waals surface area contributed by atoms with E-state index >= 15 is 0 Å². The minimum absolute atomic E-state index is 0.218. The van der Waals surface area contributed by atoms with Crippen LogP contribution in [-0.2, 0) is 28.2 Å². The van der Waals surface area contributed by atoms with Crippen molar-refractivity contribution >= 4 is 19.8 Å². The van der Waals surface area contributed by atoms with Crippen LogP contribution in [0.25, 0.3) is 0 Å². The minimum atomic E-state index is -4.78. The van der Waals surface area contributed by atoms with Crippen LogP contribution in [0.5, 0.6) is 0 Å². The summed E-state index contributed by atoms with van der Waals surface area (Å²) in [5.41, 5.74) is 0. The molecule has 274 valence electrons. The van der Waals surface area contributed by atoms with E-state index in [0.717, 1.165) is 51.4 Å². The molecule has 0 rings (SSSR count). The first-order chi connectivity index (χ1) is 23.3. The minimum Gasteiger partial charge on any atom is -0.462 e. The average Bonchev–Trinajstić information content (AvgIpc) is 3.05. The van der Waals surface area contributed by atoms with E-state index in [1.54, 1.807) is 12.2 Å². The van der Waals surface area contributed by atoms with Crippen molar-refractivity contribution in [2.75, 3.05) is 13.2 Å². The lowest BCUT2D eigenvalue weighted by molar-refractivity contribution is -0.157. The van der Waals surface area contributed by atoms with Crippen LogP contribution in [0.3, 0.4) is 0 Å². The molecule has 0 aromatic heterocycles. The second kappa shape index (κ2) is 34.4. The van der Waals surface area contributed by atoms with Crippen LogP contribution in [0.2, 0.25) is 0 Å². The summed E-state index contributed by atoms with van der Waals surface area (Å²) < 4.78 is 26.1. The summed E-state index contributed by atoms with van der Waals surface area (Å²) in [6, 6.07) is 0. The third-order valence-electron chi connectivity index (χ3n) is 7.41. The molecule has 0 aromatic rings. The van der Waals surface area contributed by atoms with Gasteiger partial charge in [-0.05, 0) is 38.5 Å². The Hall–Kier alpha value is -2.51. The van der Waals surface area contributed by atoms with Gasteiger partial charge in [0.25, 0.3) is 0 Å². The number of unbranched alkanes of at least 4 members (excludes halogenated alkanes) is 16. The number of hydrogen-bond donors (Lipinski definition) is 2. The molecule has 0 radical (unpaired) electrons. The number of rotatable bonds is 32. The fraction of sp³-hybridized carbons (Fsp3) is 0.641. The standard InChI is InChI=1S/C39H65O8P/c1-3-5-7-9-11-13-15-17-19-21-23-25-27-29-31-33-38(40)45-35-37(36-46-48(42,43)44)47-39(41)34-32-30-28-26-24-22-20-18-16-14-12-10-8-6-4-2/h5,7,9,11,13,15,17,19,28,30,32,34,37H,3-4,6,8,10,12,14,16,18,20-27,29,31,33,35-36H2,1-2H3,(H2,42,43,44)/b7-5+,11-9+,15-13+,19-17+,30-28+,34-32+/t37-/m1/s1. The number of carbonyl (C=O) groups is 2. The smallest absolute Gasteiger partial charge is 0.462 e. The van der Waals surface area contributed by atoms with E-state index in [9.17, 15) is 14.2 Å². The third kappa shape index (κ3) is 36.3. The zero-order valence-corrected chi connectivity index (χ0v) is 30.7. The Bertz CT molecular complexity index is 1010. The van der Waals surface area contributed by atoms with E-state index in [2.05, 4.69) is 30.5 Å². The lowest BCUT2D eigenvalue weighted by atomic mass is 10.1. The molecule has 1 atom stereocenters. The van der Waals surface area contributed by atoms with Gasteiger partial charge < -0.3 is 19.3 Å². The zero-order chi connectivity index (χ0) is 35.4. The van der Waals surface area contributed by atoms with Crippen LogP contribution < -0.4 is 0 Å². The Morgan fingerprint density at radius 2 is 1.08 bits per heavy atom. The molecule has 0 bridgehead atoms. The van der Waals surface area contributed by atoms with Crippen molar-refractivity contribution in [2.24, 2.45) is 0 Å². The van der Waals surface area contributed by atoms with Crippen LogP contribution in [0.15, 0.2) is 72.9 Å². The first kappa shape index (κ1) is 45.5. The Balaban J connectivity index is 4.15. The first-order valence-electron chi connectivity index (χ1n) is 18.3. The monoisotopic (exact) mass is 692 g/mol. The van der Waals surface area contributed by atoms with Crippen molar-refractivity contribution in [3.8, 4) is 0 Å². The quantitative estimate of drug-likeness (QED) is 0.0235. The van der Waals surface area contributed by atoms with Gasteiger partial charge in [-0.25, -0.2) is 9.36 Å². The third-order valence-corrected chi connectivity index (χ3v) is 7.90. The molecule has 0 aliphatic heterocycles. The number of phosphoric acid groups is 1. The van der Waals surface area contributed by atoms with Gasteiger partial charge in [-0.1, -0.05) is 164 Å². The van der Waals surface area contributed by atoms with Crippen molar-refractivity contribution in [1.82, 2.24) is 0 Å². The van der Waals surface area contributed by atoms with Crippen molar-refractivity contribution in [2.45, 2.75) is 148 Å². The molecule has 0 aromatic carbocycles. The van der Waals surface area contributed by atoms with Gasteiger partial charge in [0, 0.05) is 12.5 Å². The number of hydrogen-bond acceptors (Lipinski definition) is 6. The van der Waals surface area contributed by atoms with Crippen molar-refractivity contribution in [1.29, 1.82) is 0 Å². The Labute approximate surface area is 291 Å². The summed E-state index contributed by atoms with van der Waals surface area (Å²) >= 11 is 0. The van der Waals surface area contributed by atoms with Crippen LogP contribution in [0, 0.1) is 0 Å². The summed E-state index contributed by atoms with van der Waals surface area (Å²) in [4.78, 5) is 42.5. The molecule has 8 nitrogen and oxygen atoms in total. The maximum absolute atomic E-state index is 12.2. The van der Waals surface area contributed by atoms with Gasteiger partial charge in [0.2, 0.25) is 0 Å². The highest BCUT2D eigenvalue weighted by Crippen LogP contribution is 2.35. The van der Waals surface area contributed by atoms with Crippen LogP contribution in [0.1, 0.15) is 142 Å². The van der Waals surface area contributed by atoms with Gasteiger partial charge in [-0.3, -0.25) is 9.32 Å². The molecule has 0 saturated heterocycles. The summed E-state index contributed by atoms with van der Waals surface area (Å²) in [5, 5.41) is 0. The number of carbonyl (C=O) groups excluding carboxylic acids is 2. The molecule has 0 saturated carbocycles. The van der Waals surface area contributed by atoms with Crippen molar-refractivity contribution in [3.63, 3.8) is 0 Å². The Morgan fingerprint density at radius 3 is 1.62 bits per heavy atom. The fourth-order valence-electron chi connectivity index (χ4n) is 4.70. The highest BCUT2D eigenvalue weighted by molar-refractivity contribution is 7.46. The van der Waals surface area contributed by atoms with Gasteiger partial charge in [0.15, 0.2) is 6.10 Å². The summed E-state index contributed by atoms with van der Waals surface area (Å²) in [7, 11) is -4.78. The highest BCUT2D eigenvalue weighted by Gasteiger charge is 2.22. The van der Waals surface area contributed by atoms with E-state index in [4.69, 9.17) is 19.3 Å². The first-order valence-corrected chi connectivity index (χ1v) is 19.9. The van der Waals surface area contributed by atoms with E-state index in [1.165, 1.54) is 70.3 Å². The molecule has 48 heavy (non-hydrogen) atoms. The summed E-state index contributed by atoms with van der Waals surface area (Å²) in [6.45, 7) is 3.40. The maximum atomic E-state index is 12.2. The largest absolute Gasteiger partial charge is 0.469 e. The van der Waals surface area contributed by atoms with Crippen LogP contribution in [-0.4, -0.2) is 41.0 Å². The lowest BCUT2D eigenvalue weighted by Gasteiger charge is -2.17. The molecule has 0 amide bonds. The predicted octanol–water partition coefficient (Wildman–Crippen LogP) is 10.7. The van der Waals surface area contributed by atoms with E-state index in [-0.39, 0.29) is 13.0 Å². The fourth-order valence-corrected chi connectivity index (χ4v) is 5.06. The number of allylic oxidation sites excluding steroid dienone is 11. The normalized spacial score (nSPS) is 13.3. The molecular formula is C39H65O8P. The Kier molecular flexibility index (Phi) is 32.6. The number of phosphoric ester groups is 1. The summed E-state index contributed by atoms with van der Waals surface area (Å²) in [6.07, 6.45) is 43.9. The SMILES string of the molecule is CC/C=C/C=C/C=C/C=C/CCCCCCCC(=O)OC[C@H](COP(=O)(O)O)OC(=O)/C=C/C=C/CCCCCCCCCCCCC. The van der Waals surface area contributed by atoms with Gasteiger partial charge in [-0.15, -0.1) is 0 Å². The zero-order valence-electron chi connectivity index (χ0n) is 29.9. The van der Waals surface area contributed by atoms with Gasteiger partial charge in [0.1, 0.15) is 6.61 Å². The number of esters is 2. The van der Waals surface area contributed by atoms with Crippen LogP contribution in [0.4, 0.5) is 0 Å².